The van der Waals surface area contributed by atoms with E-state index in [1.807, 2.05) is 0 Å². The summed E-state index contributed by atoms with van der Waals surface area (Å²) >= 11 is 3.64. The van der Waals surface area contributed by atoms with Crippen LogP contribution in [0, 0.1) is 13.8 Å². The van der Waals surface area contributed by atoms with E-state index in [9.17, 15) is 0 Å². The molecular weight excluding hydrogens is 322 g/mol. The Bertz CT molecular complexity index is 902. The fraction of sp³-hybridized carbons (Fsp3) is 0.105. The van der Waals surface area contributed by atoms with Crippen molar-refractivity contribution in [1.29, 1.82) is 0 Å². The number of halogens is 1. The third-order valence-electron chi connectivity index (χ3n) is 3.95. The Morgan fingerprint density at radius 1 is 0.905 bits per heavy atom. The van der Waals surface area contributed by atoms with Crippen molar-refractivity contribution in [3.8, 4) is 0 Å². The van der Waals surface area contributed by atoms with Crippen LogP contribution in [-0.2, 0) is 0 Å². The second-order valence-electron chi connectivity index (χ2n) is 5.63. The third-order valence-corrected chi connectivity index (χ3v) is 4.64. The van der Waals surface area contributed by atoms with E-state index >= 15 is 0 Å². The summed E-state index contributed by atoms with van der Waals surface area (Å²) in [6.45, 7) is 4.27. The number of nitrogens with zero attached hydrogens (tertiary/aromatic N) is 1. The number of aliphatic imine (C=N–C) groups is 1. The van der Waals surface area contributed by atoms with E-state index in [1.165, 1.54) is 33.0 Å². The van der Waals surface area contributed by atoms with Crippen molar-refractivity contribution in [2.24, 2.45) is 4.99 Å². The fourth-order valence-electron chi connectivity index (χ4n) is 3.15. The molecule has 0 fully saturated rings. The van der Waals surface area contributed by atoms with Gasteiger partial charge in [-0.25, -0.2) is 4.99 Å². The van der Waals surface area contributed by atoms with Gasteiger partial charge in [-0.3, -0.25) is 0 Å². The van der Waals surface area contributed by atoms with Gasteiger partial charge in [0.15, 0.2) is 0 Å². The molecule has 1 aliphatic rings. The Kier molecular flexibility index (Phi) is 2.76. The van der Waals surface area contributed by atoms with Crippen LogP contribution in [0.5, 0.6) is 0 Å². The minimum Gasteiger partial charge on any atom is -0.247 e. The molecule has 21 heavy (non-hydrogen) atoms. The average molecular weight is 336 g/mol. The van der Waals surface area contributed by atoms with Gasteiger partial charge in [-0.1, -0.05) is 51.3 Å². The van der Waals surface area contributed by atoms with Gasteiger partial charge in [0.05, 0.1) is 11.4 Å². The second-order valence-corrected chi connectivity index (χ2v) is 6.49. The van der Waals surface area contributed by atoms with Crippen LogP contribution in [0.25, 0.3) is 10.8 Å². The van der Waals surface area contributed by atoms with Crippen molar-refractivity contribution in [3.05, 3.63) is 75.3 Å². The molecule has 0 aliphatic carbocycles. The predicted molar refractivity (Wildman–Crippen MR) is 92.9 cm³/mol. The summed E-state index contributed by atoms with van der Waals surface area (Å²) in [7, 11) is 0. The van der Waals surface area contributed by atoms with Gasteiger partial charge < -0.3 is 0 Å². The van der Waals surface area contributed by atoms with E-state index in [4.69, 9.17) is 4.99 Å². The molecular formula is C19H14BrN. The molecule has 0 atom stereocenters. The molecule has 0 bridgehead atoms. The standard InChI is InChI=1S/C19H14BrN/c1-11-8-12(2)10-13(9-11)19-15-6-7-16(20)14-4-3-5-17(21-19)18(14)15/h3-10H,1-2H3. The smallest absolute Gasteiger partial charge is 0.0789 e. The summed E-state index contributed by atoms with van der Waals surface area (Å²) in [5, 5.41) is 2.48. The first-order valence-corrected chi connectivity index (χ1v) is 7.82. The lowest BCUT2D eigenvalue weighted by molar-refractivity contribution is 1.37. The number of benzene rings is 3. The first-order chi connectivity index (χ1) is 10.1. The molecule has 0 amide bonds. The molecule has 0 saturated heterocycles. The van der Waals surface area contributed by atoms with Crippen molar-refractivity contribution in [2.75, 3.05) is 0 Å². The van der Waals surface area contributed by atoms with Gasteiger partial charge >= 0.3 is 0 Å². The van der Waals surface area contributed by atoms with Gasteiger partial charge in [-0.15, -0.1) is 0 Å². The normalized spacial score (nSPS) is 12.8. The van der Waals surface area contributed by atoms with E-state index in [1.54, 1.807) is 0 Å². The van der Waals surface area contributed by atoms with Gasteiger partial charge in [0.2, 0.25) is 0 Å². The molecule has 0 saturated carbocycles. The summed E-state index contributed by atoms with van der Waals surface area (Å²) in [6.07, 6.45) is 0. The lowest BCUT2D eigenvalue weighted by atomic mass is 9.96. The Balaban J connectivity index is 2.02. The molecule has 1 aliphatic heterocycles. The zero-order valence-corrected chi connectivity index (χ0v) is 13.5. The zero-order chi connectivity index (χ0) is 14.6. The zero-order valence-electron chi connectivity index (χ0n) is 11.9. The first kappa shape index (κ1) is 12.8. The van der Waals surface area contributed by atoms with E-state index in [0.717, 1.165) is 15.9 Å². The van der Waals surface area contributed by atoms with E-state index in [2.05, 4.69) is 78.3 Å². The number of aryl methyl sites for hydroxylation is 2. The van der Waals surface area contributed by atoms with Crippen molar-refractivity contribution >= 4 is 38.1 Å². The highest BCUT2D eigenvalue weighted by Crippen LogP contribution is 2.40. The lowest BCUT2D eigenvalue weighted by Gasteiger charge is -2.07. The van der Waals surface area contributed by atoms with E-state index < -0.39 is 0 Å². The Morgan fingerprint density at radius 3 is 2.43 bits per heavy atom. The lowest BCUT2D eigenvalue weighted by Crippen LogP contribution is -2.01. The number of hydrogen-bond acceptors (Lipinski definition) is 1. The quantitative estimate of drug-likeness (QED) is 0.423. The minimum absolute atomic E-state index is 1.07. The molecule has 4 rings (SSSR count). The maximum atomic E-state index is 4.89. The monoisotopic (exact) mass is 335 g/mol. The molecule has 3 aromatic carbocycles. The van der Waals surface area contributed by atoms with Crippen LogP contribution in [0.4, 0.5) is 5.69 Å². The number of hydrogen-bond donors (Lipinski definition) is 0. The summed E-state index contributed by atoms with van der Waals surface area (Å²) in [6, 6.07) is 17.2. The van der Waals surface area contributed by atoms with Crippen LogP contribution < -0.4 is 0 Å². The SMILES string of the molecule is Cc1cc(C)cc(C2=Nc3cccc4c(Br)ccc2c34)c1. The van der Waals surface area contributed by atoms with Gasteiger partial charge in [-0.05, 0) is 43.5 Å². The van der Waals surface area contributed by atoms with Crippen LogP contribution >= 0.6 is 15.9 Å². The Labute approximate surface area is 132 Å². The summed E-state index contributed by atoms with van der Waals surface area (Å²) in [4.78, 5) is 4.89. The molecule has 1 heterocycles. The van der Waals surface area contributed by atoms with Crippen LogP contribution in [0.1, 0.15) is 22.3 Å². The van der Waals surface area contributed by atoms with Crippen molar-refractivity contribution < 1.29 is 0 Å². The molecule has 1 nitrogen and oxygen atoms in total. The van der Waals surface area contributed by atoms with E-state index in [-0.39, 0.29) is 0 Å². The highest BCUT2D eigenvalue weighted by atomic mass is 79.9. The molecule has 0 spiro atoms. The largest absolute Gasteiger partial charge is 0.247 e. The first-order valence-electron chi connectivity index (χ1n) is 7.02. The van der Waals surface area contributed by atoms with E-state index in [0.29, 0.717) is 0 Å². The number of rotatable bonds is 1. The average Bonchev–Trinajstić information content (AvgIpc) is 2.82. The highest BCUT2D eigenvalue weighted by molar-refractivity contribution is 9.10. The summed E-state index contributed by atoms with van der Waals surface area (Å²) in [5.74, 6) is 0. The topological polar surface area (TPSA) is 12.4 Å². The van der Waals surface area contributed by atoms with Crippen molar-refractivity contribution in [1.82, 2.24) is 0 Å². The van der Waals surface area contributed by atoms with Crippen LogP contribution in [0.2, 0.25) is 0 Å². The van der Waals surface area contributed by atoms with Gasteiger partial charge in [0.25, 0.3) is 0 Å². The van der Waals surface area contributed by atoms with Crippen molar-refractivity contribution in [3.63, 3.8) is 0 Å². The second kappa shape index (κ2) is 4.54. The molecule has 102 valence electrons. The predicted octanol–water partition coefficient (Wildman–Crippen LogP) is 5.70. The molecule has 2 heteroatoms. The Morgan fingerprint density at radius 2 is 1.67 bits per heavy atom. The van der Waals surface area contributed by atoms with Crippen LogP contribution in [-0.4, -0.2) is 5.71 Å². The van der Waals surface area contributed by atoms with Crippen LogP contribution in [0.15, 0.2) is 58.0 Å². The highest BCUT2D eigenvalue weighted by Gasteiger charge is 2.20. The maximum absolute atomic E-state index is 4.89. The summed E-state index contributed by atoms with van der Waals surface area (Å²) < 4.78 is 1.12. The van der Waals surface area contributed by atoms with Gasteiger partial charge in [0, 0.05) is 21.0 Å². The summed E-state index contributed by atoms with van der Waals surface area (Å²) in [5.41, 5.74) is 7.13. The third kappa shape index (κ3) is 1.94. The Hall–Kier alpha value is -1.93. The van der Waals surface area contributed by atoms with Crippen molar-refractivity contribution in [2.45, 2.75) is 13.8 Å². The van der Waals surface area contributed by atoms with Crippen LogP contribution in [0.3, 0.4) is 0 Å². The molecule has 0 N–H and O–H groups in total. The minimum atomic E-state index is 1.07. The fourth-order valence-corrected chi connectivity index (χ4v) is 3.62. The van der Waals surface area contributed by atoms with Gasteiger partial charge in [-0.2, -0.15) is 0 Å². The van der Waals surface area contributed by atoms with Gasteiger partial charge in [0.1, 0.15) is 0 Å². The molecule has 0 radical (unpaired) electrons. The molecule has 0 aromatic heterocycles. The molecule has 0 unspecified atom stereocenters. The maximum Gasteiger partial charge on any atom is 0.0789 e. The molecule has 3 aromatic rings.